The molecule has 0 unspecified atom stereocenters. The third-order valence-electron chi connectivity index (χ3n) is 5.72. The molecule has 2 aliphatic rings. The highest BCUT2D eigenvalue weighted by Crippen LogP contribution is 2.41. The quantitative estimate of drug-likeness (QED) is 0.767. The van der Waals surface area contributed by atoms with Gasteiger partial charge in [-0.15, -0.1) is 0 Å². The van der Waals surface area contributed by atoms with E-state index in [-0.39, 0.29) is 23.0 Å². The lowest BCUT2D eigenvalue weighted by molar-refractivity contribution is -0.128. The number of hydrogen-bond acceptors (Lipinski definition) is 5. The zero-order valence-corrected chi connectivity index (χ0v) is 16.1. The van der Waals surface area contributed by atoms with Gasteiger partial charge in [-0.1, -0.05) is 0 Å². The van der Waals surface area contributed by atoms with Crippen LogP contribution in [0.2, 0.25) is 0 Å². The third kappa shape index (κ3) is 4.18. The highest BCUT2D eigenvalue weighted by molar-refractivity contribution is 5.95. The predicted molar refractivity (Wildman–Crippen MR) is 99.9 cm³/mol. The van der Waals surface area contributed by atoms with Crippen LogP contribution < -0.4 is 4.74 Å². The number of likely N-dealkylation sites (tertiary alicyclic amines) is 2. The van der Waals surface area contributed by atoms with Crippen molar-refractivity contribution < 1.29 is 24.2 Å². The first-order chi connectivity index (χ1) is 13.0. The summed E-state index contributed by atoms with van der Waals surface area (Å²) in [5.74, 6) is 0.433. The van der Waals surface area contributed by atoms with Crippen molar-refractivity contribution in [1.82, 2.24) is 9.80 Å². The van der Waals surface area contributed by atoms with Crippen LogP contribution in [-0.2, 0) is 9.53 Å². The minimum absolute atomic E-state index is 0.0109. The maximum atomic E-state index is 12.7. The Bertz CT molecular complexity index is 698. The molecule has 7 heteroatoms. The molecule has 2 amide bonds. The minimum Gasteiger partial charge on any atom is -0.504 e. The summed E-state index contributed by atoms with van der Waals surface area (Å²) in [5.41, 5.74) is 0.441. The van der Waals surface area contributed by atoms with E-state index in [2.05, 4.69) is 0 Å². The molecule has 148 valence electrons. The van der Waals surface area contributed by atoms with E-state index < -0.39 is 0 Å². The number of nitrogens with zero attached hydrogens (tertiary/aromatic N) is 2. The molecule has 0 saturated carbocycles. The summed E-state index contributed by atoms with van der Waals surface area (Å²) in [6.45, 7) is 3.44. The average Bonchev–Trinajstić information content (AvgIpc) is 2.97. The molecule has 0 bridgehead atoms. The Kier molecular flexibility index (Phi) is 5.89. The molecule has 7 nitrogen and oxygen atoms in total. The number of phenolic OH excluding ortho intramolecular Hbond substituents is 1. The van der Waals surface area contributed by atoms with Crippen LogP contribution in [-0.4, -0.2) is 73.7 Å². The fourth-order valence-corrected chi connectivity index (χ4v) is 4.11. The Morgan fingerprint density at radius 1 is 1.26 bits per heavy atom. The summed E-state index contributed by atoms with van der Waals surface area (Å²) in [6, 6.07) is 4.71. The van der Waals surface area contributed by atoms with Gasteiger partial charge in [0.25, 0.3) is 5.91 Å². The van der Waals surface area contributed by atoms with Crippen molar-refractivity contribution in [3.05, 3.63) is 23.8 Å². The van der Waals surface area contributed by atoms with Gasteiger partial charge in [0.1, 0.15) is 0 Å². The third-order valence-corrected chi connectivity index (χ3v) is 5.72. The Labute approximate surface area is 159 Å². The summed E-state index contributed by atoms with van der Waals surface area (Å²) < 4.78 is 10.1. The SMILES string of the molecule is COCCCN1CC2(CCN(C(=O)c3ccc(OC)c(O)c3)CC2)CC1=O. The number of carbonyl (C=O) groups is 2. The number of aromatic hydroxyl groups is 1. The van der Waals surface area contributed by atoms with Gasteiger partial charge >= 0.3 is 0 Å². The maximum absolute atomic E-state index is 12.7. The van der Waals surface area contributed by atoms with Gasteiger partial charge in [0.2, 0.25) is 5.91 Å². The van der Waals surface area contributed by atoms with Gasteiger partial charge in [0.05, 0.1) is 7.11 Å². The molecular formula is C20H28N2O5. The molecule has 2 saturated heterocycles. The van der Waals surface area contributed by atoms with Crippen LogP contribution in [0, 0.1) is 5.41 Å². The second-order valence-corrected chi connectivity index (χ2v) is 7.52. The number of hydrogen-bond donors (Lipinski definition) is 1. The highest BCUT2D eigenvalue weighted by Gasteiger charge is 2.45. The fraction of sp³-hybridized carbons (Fsp3) is 0.600. The zero-order chi connectivity index (χ0) is 19.4. The van der Waals surface area contributed by atoms with Crippen molar-refractivity contribution in [2.75, 3.05) is 47.0 Å². The second-order valence-electron chi connectivity index (χ2n) is 7.52. The molecule has 3 rings (SSSR count). The van der Waals surface area contributed by atoms with Crippen LogP contribution in [0.15, 0.2) is 18.2 Å². The van der Waals surface area contributed by atoms with Crippen LogP contribution in [0.4, 0.5) is 0 Å². The number of phenols is 1. The lowest BCUT2D eigenvalue weighted by Gasteiger charge is -2.38. The first-order valence-corrected chi connectivity index (χ1v) is 9.41. The average molecular weight is 376 g/mol. The van der Waals surface area contributed by atoms with E-state index >= 15 is 0 Å². The smallest absolute Gasteiger partial charge is 0.253 e. The number of piperidine rings is 1. The highest BCUT2D eigenvalue weighted by atomic mass is 16.5. The largest absolute Gasteiger partial charge is 0.504 e. The number of amides is 2. The van der Waals surface area contributed by atoms with Gasteiger partial charge in [-0.25, -0.2) is 0 Å². The van der Waals surface area contributed by atoms with Crippen molar-refractivity contribution >= 4 is 11.8 Å². The van der Waals surface area contributed by atoms with Gasteiger partial charge in [0, 0.05) is 57.3 Å². The van der Waals surface area contributed by atoms with Gasteiger partial charge < -0.3 is 24.4 Å². The van der Waals surface area contributed by atoms with Crippen LogP contribution in [0.25, 0.3) is 0 Å². The van der Waals surface area contributed by atoms with Crippen LogP contribution >= 0.6 is 0 Å². The van der Waals surface area contributed by atoms with E-state index in [0.29, 0.717) is 37.4 Å². The van der Waals surface area contributed by atoms with Crippen molar-refractivity contribution in [1.29, 1.82) is 0 Å². The maximum Gasteiger partial charge on any atom is 0.253 e. The number of benzene rings is 1. The molecule has 27 heavy (non-hydrogen) atoms. The summed E-state index contributed by atoms with van der Waals surface area (Å²) >= 11 is 0. The number of ether oxygens (including phenoxy) is 2. The molecule has 0 atom stereocenters. The molecule has 1 aromatic rings. The summed E-state index contributed by atoms with van der Waals surface area (Å²) in [6.07, 6.45) is 3.08. The molecule has 1 aromatic carbocycles. The second kappa shape index (κ2) is 8.17. The fourth-order valence-electron chi connectivity index (χ4n) is 4.11. The molecule has 1 spiro atoms. The predicted octanol–water partition coefficient (Wildman–Crippen LogP) is 1.89. The van der Waals surface area contributed by atoms with E-state index in [4.69, 9.17) is 9.47 Å². The monoisotopic (exact) mass is 376 g/mol. The lowest BCUT2D eigenvalue weighted by Crippen LogP contribution is -2.44. The molecular weight excluding hydrogens is 348 g/mol. The van der Waals surface area contributed by atoms with E-state index in [9.17, 15) is 14.7 Å². The minimum atomic E-state index is -0.0934. The zero-order valence-electron chi connectivity index (χ0n) is 16.1. The molecule has 0 aromatic heterocycles. The number of carbonyl (C=O) groups excluding carboxylic acids is 2. The van der Waals surface area contributed by atoms with E-state index in [1.54, 1.807) is 19.2 Å². The first-order valence-electron chi connectivity index (χ1n) is 9.41. The Hall–Kier alpha value is -2.28. The van der Waals surface area contributed by atoms with Crippen molar-refractivity contribution in [3.63, 3.8) is 0 Å². The van der Waals surface area contributed by atoms with E-state index in [1.165, 1.54) is 13.2 Å². The van der Waals surface area contributed by atoms with Crippen molar-refractivity contribution in [3.8, 4) is 11.5 Å². The van der Waals surface area contributed by atoms with Crippen LogP contribution in [0.1, 0.15) is 36.0 Å². The van der Waals surface area contributed by atoms with Gasteiger partial charge in [0.15, 0.2) is 11.5 Å². The number of methoxy groups -OCH3 is 2. The van der Waals surface area contributed by atoms with Gasteiger partial charge in [-0.2, -0.15) is 0 Å². The normalized spacial score (nSPS) is 19.0. The molecule has 0 aliphatic carbocycles. The first kappa shape index (κ1) is 19.5. The lowest BCUT2D eigenvalue weighted by atomic mass is 9.77. The molecule has 2 heterocycles. The van der Waals surface area contributed by atoms with E-state index in [1.807, 2.05) is 9.80 Å². The van der Waals surface area contributed by atoms with Crippen LogP contribution in [0.5, 0.6) is 11.5 Å². The van der Waals surface area contributed by atoms with Gasteiger partial charge in [-0.3, -0.25) is 9.59 Å². The van der Waals surface area contributed by atoms with Crippen molar-refractivity contribution in [2.24, 2.45) is 5.41 Å². The molecule has 0 radical (unpaired) electrons. The number of rotatable bonds is 6. The van der Waals surface area contributed by atoms with E-state index in [0.717, 1.165) is 32.4 Å². The summed E-state index contributed by atoms with van der Waals surface area (Å²) in [4.78, 5) is 28.8. The Balaban J connectivity index is 1.58. The topological polar surface area (TPSA) is 79.3 Å². The molecule has 2 aliphatic heterocycles. The molecule has 1 N–H and O–H groups in total. The van der Waals surface area contributed by atoms with Gasteiger partial charge in [-0.05, 0) is 37.5 Å². The summed E-state index contributed by atoms with van der Waals surface area (Å²) in [7, 11) is 3.14. The van der Waals surface area contributed by atoms with Crippen LogP contribution in [0.3, 0.4) is 0 Å². The standard InChI is InChI=1S/C20H28N2O5/c1-26-11-3-8-22-14-20(13-18(22)24)6-9-21(10-7-20)19(25)15-4-5-17(27-2)16(23)12-15/h4-5,12,23H,3,6-11,13-14H2,1-2H3. The Morgan fingerprint density at radius 2 is 2.00 bits per heavy atom. The Morgan fingerprint density at radius 3 is 2.63 bits per heavy atom. The van der Waals surface area contributed by atoms with Crippen molar-refractivity contribution in [2.45, 2.75) is 25.7 Å². The summed E-state index contributed by atoms with van der Waals surface area (Å²) in [5, 5.41) is 9.91. The molecule has 2 fully saturated rings.